The summed E-state index contributed by atoms with van der Waals surface area (Å²) in [7, 11) is -3.36. The number of rotatable bonds is 2. The van der Waals surface area contributed by atoms with E-state index in [4.69, 9.17) is 0 Å². The van der Waals surface area contributed by atoms with Crippen molar-refractivity contribution < 1.29 is 8.42 Å². The Balaban J connectivity index is 2.14. The van der Waals surface area contributed by atoms with Gasteiger partial charge in [0, 0.05) is 13.1 Å². The molecular weight excluding hydrogens is 306 g/mol. The van der Waals surface area contributed by atoms with Gasteiger partial charge in [-0.15, -0.1) is 0 Å². The normalized spacial score (nSPS) is 19.0. The van der Waals surface area contributed by atoms with Crippen LogP contribution in [0.2, 0.25) is 0 Å². The van der Waals surface area contributed by atoms with Gasteiger partial charge in [-0.2, -0.15) is 4.31 Å². The highest BCUT2D eigenvalue weighted by Gasteiger charge is 2.34. The van der Waals surface area contributed by atoms with E-state index in [9.17, 15) is 8.42 Å². The Labute approximate surface area is 142 Å². The molecule has 1 saturated heterocycles. The lowest BCUT2D eigenvalue weighted by molar-refractivity contribution is 0.154. The summed E-state index contributed by atoms with van der Waals surface area (Å²) >= 11 is 0. The van der Waals surface area contributed by atoms with E-state index < -0.39 is 10.0 Å². The second kappa shape index (κ2) is 6.21. The predicted octanol–water partition coefficient (Wildman–Crippen LogP) is 4.43. The maximum absolute atomic E-state index is 12.8. The van der Waals surface area contributed by atoms with Gasteiger partial charge >= 0.3 is 0 Å². The third-order valence-corrected chi connectivity index (χ3v) is 6.95. The molecule has 0 aliphatic carbocycles. The summed E-state index contributed by atoms with van der Waals surface area (Å²) in [5, 5.41) is 0. The fraction of sp³-hybridized carbons (Fsp3) is 0.684. The van der Waals surface area contributed by atoms with Crippen molar-refractivity contribution in [2.75, 3.05) is 13.1 Å². The molecule has 3 nitrogen and oxygen atoms in total. The van der Waals surface area contributed by atoms with Crippen LogP contribution in [0.1, 0.15) is 59.9 Å². The molecule has 0 radical (unpaired) electrons. The zero-order valence-electron chi connectivity index (χ0n) is 15.4. The molecule has 1 aliphatic rings. The van der Waals surface area contributed by atoms with Crippen molar-refractivity contribution in [3.8, 4) is 0 Å². The van der Waals surface area contributed by atoms with Crippen LogP contribution in [0.3, 0.4) is 0 Å². The first kappa shape index (κ1) is 18.5. The quantitative estimate of drug-likeness (QED) is 0.800. The lowest BCUT2D eigenvalue weighted by Crippen LogP contribution is -2.41. The third kappa shape index (κ3) is 4.16. The predicted molar refractivity (Wildman–Crippen MR) is 96.1 cm³/mol. The number of hydrogen-bond acceptors (Lipinski definition) is 2. The SMILES string of the molecule is CC(C)(C)c1ccc(S(=O)(=O)N2CCC(C(C)(C)C)CC2)cc1. The molecule has 0 N–H and O–H groups in total. The van der Waals surface area contributed by atoms with E-state index in [1.165, 1.54) is 0 Å². The van der Waals surface area contributed by atoms with Crippen LogP contribution in [-0.4, -0.2) is 25.8 Å². The fourth-order valence-electron chi connectivity index (χ4n) is 3.24. The molecule has 0 spiro atoms. The molecule has 0 saturated carbocycles. The first-order chi connectivity index (χ1) is 10.4. The van der Waals surface area contributed by atoms with Gasteiger partial charge in [-0.05, 0) is 47.3 Å². The molecule has 1 fully saturated rings. The minimum Gasteiger partial charge on any atom is -0.207 e. The molecule has 0 atom stereocenters. The highest BCUT2D eigenvalue weighted by atomic mass is 32.2. The zero-order valence-corrected chi connectivity index (χ0v) is 16.2. The van der Waals surface area contributed by atoms with Crippen LogP contribution in [0, 0.1) is 11.3 Å². The van der Waals surface area contributed by atoms with Gasteiger partial charge in [0.15, 0.2) is 0 Å². The zero-order chi connectivity index (χ0) is 17.5. The third-order valence-electron chi connectivity index (χ3n) is 5.04. The molecule has 1 heterocycles. The Kier molecular flexibility index (Phi) is 4.99. The van der Waals surface area contributed by atoms with Crippen LogP contribution in [-0.2, 0) is 15.4 Å². The molecule has 0 aromatic heterocycles. The van der Waals surface area contributed by atoms with Gasteiger partial charge in [0.1, 0.15) is 0 Å². The lowest BCUT2D eigenvalue weighted by atomic mass is 9.76. The molecule has 130 valence electrons. The van der Waals surface area contributed by atoms with Gasteiger partial charge in [-0.3, -0.25) is 0 Å². The number of sulfonamides is 1. The smallest absolute Gasteiger partial charge is 0.207 e. The molecule has 4 heteroatoms. The van der Waals surface area contributed by atoms with Crippen LogP contribution < -0.4 is 0 Å². The summed E-state index contributed by atoms with van der Waals surface area (Å²) in [6.07, 6.45) is 1.89. The van der Waals surface area contributed by atoms with Crippen molar-refractivity contribution in [2.45, 2.75) is 64.7 Å². The van der Waals surface area contributed by atoms with E-state index in [2.05, 4.69) is 41.5 Å². The van der Waals surface area contributed by atoms with Gasteiger partial charge in [0.05, 0.1) is 4.90 Å². The molecule has 2 rings (SSSR count). The molecule has 23 heavy (non-hydrogen) atoms. The maximum atomic E-state index is 12.8. The Morgan fingerprint density at radius 2 is 1.39 bits per heavy atom. The van der Waals surface area contributed by atoms with Crippen molar-refractivity contribution >= 4 is 10.0 Å². The first-order valence-electron chi connectivity index (χ1n) is 8.53. The number of benzene rings is 1. The van der Waals surface area contributed by atoms with Gasteiger partial charge in [0.2, 0.25) is 10.0 Å². The summed E-state index contributed by atoms with van der Waals surface area (Å²) in [6.45, 7) is 14.4. The highest BCUT2D eigenvalue weighted by Crippen LogP contribution is 2.35. The van der Waals surface area contributed by atoms with E-state index >= 15 is 0 Å². The van der Waals surface area contributed by atoms with Gasteiger partial charge in [-0.25, -0.2) is 8.42 Å². The number of piperidine rings is 1. The highest BCUT2D eigenvalue weighted by molar-refractivity contribution is 7.89. The Hall–Kier alpha value is -0.870. The van der Waals surface area contributed by atoms with Crippen LogP contribution in [0.4, 0.5) is 0 Å². The summed E-state index contributed by atoms with van der Waals surface area (Å²) in [4.78, 5) is 0.416. The summed E-state index contributed by atoms with van der Waals surface area (Å²) in [5.74, 6) is 0.595. The monoisotopic (exact) mass is 337 g/mol. The Morgan fingerprint density at radius 3 is 1.78 bits per heavy atom. The lowest BCUT2D eigenvalue weighted by Gasteiger charge is -2.38. The number of hydrogen-bond donors (Lipinski definition) is 0. The van der Waals surface area contributed by atoms with Crippen LogP contribution in [0.5, 0.6) is 0 Å². The summed E-state index contributed by atoms with van der Waals surface area (Å²) in [5.41, 5.74) is 1.44. The average Bonchev–Trinajstić information content (AvgIpc) is 2.46. The molecule has 0 unspecified atom stereocenters. The fourth-order valence-corrected chi connectivity index (χ4v) is 4.71. The minimum atomic E-state index is -3.36. The van der Waals surface area contributed by atoms with Crippen LogP contribution in [0.15, 0.2) is 29.2 Å². The van der Waals surface area contributed by atoms with E-state index in [0.29, 0.717) is 23.9 Å². The van der Waals surface area contributed by atoms with Gasteiger partial charge < -0.3 is 0 Å². The largest absolute Gasteiger partial charge is 0.243 e. The first-order valence-corrected chi connectivity index (χ1v) is 9.97. The molecular formula is C19H31NO2S. The summed E-state index contributed by atoms with van der Waals surface area (Å²) in [6, 6.07) is 7.39. The molecule has 1 aliphatic heterocycles. The maximum Gasteiger partial charge on any atom is 0.243 e. The topological polar surface area (TPSA) is 37.4 Å². The Morgan fingerprint density at radius 1 is 0.913 bits per heavy atom. The summed E-state index contributed by atoms with van der Waals surface area (Å²) < 4.78 is 27.3. The average molecular weight is 338 g/mol. The van der Waals surface area contributed by atoms with Crippen molar-refractivity contribution in [3.05, 3.63) is 29.8 Å². The van der Waals surface area contributed by atoms with E-state index in [1.54, 1.807) is 16.4 Å². The van der Waals surface area contributed by atoms with Crippen molar-refractivity contribution in [1.82, 2.24) is 4.31 Å². The van der Waals surface area contributed by atoms with E-state index in [-0.39, 0.29) is 10.8 Å². The second-order valence-corrected chi connectivity index (χ2v) is 10.8. The van der Waals surface area contributed by atoms with Crippen molar-refractivity contribution in [1.29, 1.82) is 0 Å². The Bertz CT molecular complexity index is 625. The minimum absolute atomic E-state index is 0.0351. The van der Waals surface area contributed by atoms with Gasteiger partial charge in [-0.1, -0.05) is 53.7 Å². The van der Waals surface area contributed by atoms with Crippen LogP contribution in [0.25, 0.3) is 0 Å². The molecule has 1 aromatic carbocycles. The second-order valence-electron chi connectivity index (χ2n) is 8.82. The molecule has 0 bridgehead atoms. The molecule has 1 aromatic rings. The standard InChI is InChI=1S/C19H31NO2S/c1-18(2,3)15-7-9-17(10-8-15)23(21,22)20-13-11-16(12-14-20)19(4,5)6/h7-10,16H,11-14H2,1-6H3. The number of nitrogens with zero attached hydrogens (tertiary/aromatic N) is 1. The van der Waals surface area contributed by atoms with Crippen LogP contribution >= 0.6 is 0 Å². The van der Waals surface area contributed by atoms with Crippen molar-refractivity contribution in [2.24, 2.45) is 11.3 Å². The molecule has 0 amide bonds. The van der Waals surface area contributed by atoms with Crippen molar-refractivity contribution in [3.63, 3.8) is 0 Å². The van der Waals surface area contributed by atoms with E-state index in [1.807, 2.05) is 12.1 Å². The van der Waals surface area contributed by atoms with E-state index in [0.717, 1.165) is 18.4 Å². The van der Waals surface area contributed by atoms with Gasteiger partial charge in [0.25, 0.3) is 0 Å².